The first-order valence-electron chi connectivity index (χ1n) is 8.97. The summed E-state index contributed by atoms with van der Waals surface area (Å²) in [6.07, 6.45) is 0. The summed E-state index contributed by atoms with van der Waals surface area (Å²) in [6, 6.07) is 11.5. The standard InChI is InChI=1S/C21H23N3O4/c1-13-5-8-16(9-6-13)24-15(3)20(26)23(21(24)27)12-19(25)22-17-11-14(2)7-10-18(17)28-4/h5-11,15H,12H2,1-4H3,(H,22,25)/t15-/m0/s1. The van der Waals surface area contributed by atoms with Gasteiger partial charge in [0.2, 0.25) is 5.91 Å². The monoisotopic (exact) mass is 381 g/mol. The van der Waals surface area contributed by atoms with E-state index >= 15 is 0 Å². The highest BCUT2D eigenvalue weighted by atomic mass is 16.5. The van der Waals surface area contributed by atoms with Crippen LogP contribution in [0, 0.1) is 13.8 Å². The van der Waals surface area contributed by atoms with Gasteiger partial charge in [-0.05, 0) is 50.6 Å². The van der Waals surface area contributed by atoms with Crippen LogP contribution >= 0.6 is 0 Å². The molecule has 4 amide bonds. The zero-order valence-electron chi connectivity index (χ0n) is 16.4. The highest BCUT2D eigenvalue weighted by Gasteiger charge is 2.44. The maximum atomic E-state index is 12.8. The number of hydrogen-bond donors (Lipinski definition) is 1. The number of nitrogens with zero attached hydrogens (tertiary/aromatic N) is 2. The Labute approximate surface area is 163 Å². The van der Waals surface area contributed by atoms with Gasteiger partial charge < -0.3 is 10.1 Å². The number of carbonyl (C=O) groups is 3. The maximum Gasteiger partial charge on any atom is 0.332 e. The predicted octanol–water partition coefficient (Wildman–Crippen LogP) is 3.11. The van der Waals surface area contributed by atoms with Crippen LogP contribution in [0.1, 0.15) is 18.1 Å². The van der Waals surface area contributed by atoms with Gasteiger partial charge >= 0.3 is 6.03 Å². The fraction of sp³-hybridized carbons (Fsp3) is 0.286. The summed E-state index contributed by atoms with van der Waals surface area (Å²) < 4.78 is 5.24. The molecule has 0 saturated carbocycles. The smallest absolute Gasteiger partial charge is 0.332 e. The van der Waals surface area contributed by atoms with Gasteiger partial charge in [0, 0.05) is 5.69 Å². The van der Waals surface area contributed by atoms with E-state index < -0.39 is 23.9 Å². The van der Waals surface area contributed by atoms with Crippen LogP contribution in [0.5, 0.6) is 5.75 Å². The van der Waals surface area contributed by atoms with Crippen LogP contribution in [0.4, 0.5) is 16.2 Å². The van der Waals surface area contributed by atoms with E-state index in [9.17, 15) is 14.4 Å². The predicted molar refractivity (Wildman–Crippen MR) is 107 cm³/mol. The summed E-state index contributed by atoms with van der Waals surface area (Å²) in [4.78, 5) is 40.3. The number of rotatable bonds is 5. The van der Waals surface area contributed by atoms with E-state index in [-0.39, 0.29) is 6.54 Å². The minimum atomic E-state index is -0.670. The Kier molecular flexibility index (Phi) is 5.35. The molecule has 1 saturated heterocycles. The van der Waals surface area contributed by atoms with Gasteiger partial charge in [0.25, 0.3) is 5.91 Å². The van der Waals surface area contributed by atoms with Crippen molar-refractivity contribution in [2.45, 2.75) is 26.8 Å². The summed E-state index contributed by atoms with van der Waals surface area (Å²) in [7, 11) is 1.51. The molecule has 1 N–H and O–H groups in total. The van der Waals surface area contributed by atoms with Crippen molar-refractivity contribution in [1.82, 2.24) is 4.90 Å². The molecular weight excluding hydrogens is 358 g/mol. The molecule has 7 heteroatoms. The molecule has 1 aliphatic heterocycles. The van der Waals surface area contributed by atoms with Crippen molar-refractivity contribution in [2.75, 3.05) is 23.9 Å². The van der Waals surface area contributed by atoms with Crippen molar-refractivity contribution >= 4 is 29.2 Å². The lowest BCUT2D eigenvalue weighted by Gasteiger charge is -2.19. The second-order valence-corrected chi connectivity index (χ2v) is 6.84. The molecule has 1 atom stereocenters. The van der Waals surface area contributed by atoms with Gasteiger partial charge in [-0.1, -0.05) is 23.8 Å². The van der Waals surface area contributed by atoms with Crippen molar-refractivity contribution in [3.05, 3.63) is 53.6 Å². The number of hydrogen-bond acceptors (Lipinski definition) is 4. The minimum absolute atomic E-state index is 0.360. The van der Waals surface area contributed by atoms with Crippen LogP contribution in [0.2, 0.25) is 0 Å². The second-order valence-electron chi connectivity index (χ2n) is 6.84. The first kappa shape index (κ1) is 19.4. The first-order chi connectivity index (χ1) is 13.3. The fourth-order valence-electron chi connectivity index (χ4n) is 3.16. The largest absolute Gasteiger partial charge is 0.495 e. The van der Waals surface area contributed by atoms with Gasteiger partial charge in [-0.2, -0.15) is 0 Å². The Morgan fingerprint density at radius 3 is 2.36 bits per heavy atom. The minimum Gasteiger partial charge on any atom is -0.495 e. The van der Waals surface area contributed by atoms with Crippen molar-refractivity contribution in [1.29, 1.82) is 0 Å². The lowest BCUT2D eigenvalue weighted by atomic mass is 10.2. The van der Waals surface area contributed by atoms with Crippen molar-refractivity contribution in [2.24, 2.45) is 0 Å². The molecule has 3 rings (SSSR count). The molecule has 2 aromatic rings. The number of ether oxygens (including phenoxy) is 1. The number of amides is 4. The lowest BCUT2D eigenvalue weighted by Crippen LogP contribution is -2.39. The molecule has 146 valence electrons. The molecule has 0 bridgehead atoms. The molecule has 28 heavy (non-hydrogen) atoms. The normalized spacial score (nSPS) is 16.5. The Hall–Kier alpha value is -3.35. The van der Waals surface area contributed by atoms with Crippen molar-refractivity contribution in [3.8, 4) is 5.75 Å². The maximum absolute atomic E-state index is 12.8. The van der Waals surface area contributed by atoms with E-state index in [0.29, 0.717) is 17.1 Å². The van der Waals surface area contributed by atoms with Crippen molar-refractivity contribution < 1.29 is 19.1 Å². The Morgan fingerprint density at radius 1 is 1.07 bits per heavy atom. The molecule has 0 radical (unpaired) electrons. The number of imide groups is 1. The van der Waals surface area contributed by atoms with E-state index in [1.165, 1.54) is 12.0 Å². The number of methoxy groups -OCH3 is 1. The molecule has 0 unspecified atom stereocenters. The topological polar surface area (TPSA) is 79.0 Å². The van der Waals surface area contributed by atoms with Crippen LogP contribution in [-0.4, -0.2) is 42.4 Å². The Morgan fingerprint density at radius 2 is 1.71 bits per heavy atom. The molecule has 1 aliphatic rings. The van der Waals surface area contributed by atoms with Crippen LogP contribution in [0.25, 0.3) is 0 Å². The molecule has 0 aliphatic carbocycles. The van der Waals surface area contributed by atoms with E-state index in [1.54, 1.807) is 31.2 Å². The van der Waals surface area contributed by atoms with Gasteiger partial charge in [0.05, 0.1) is 12.8 Å². The third-order valence-corrected chi connectivity index (χ3v) is 4.69. The zero-order chi connectivity index (χ0) is 20.4. The quantitative estimate of drug-likeness (QED) is 0.807. The van der Waals surface area contributed by atoms with E-state index in [0.717, 1.165) is 16.0 Å². The number of aryl methyl sites for hydroxylation is 2. The average molecular weight is 381 g/mol. The number of urea groups is 1. The lowest BCUT2D eigenvalue weighted by molar-refractivity contribution is -0.130. The summed E-state index contributed by atoms with van der Waals surface area (Å²) in [6.45, 7) is 5.13. The summed E-state index contributed by atoms with van der Waals surface area (Å²) in [5, 5.41) is 2.72. The Bertz CT molecular complexity index is 924. The third kappa shape index (κ3) is 3.69. The van der Waals surface area contributed by atoms with Crippen LogP contribution in [0.15, 0.2) is 42.5 Å². The fourth-order valence-corrected chi connectivity index (χ4v) is 3.16. The van der Waals surface area contributed by atoms with E-state index in [1.807, 2.05) is 32.0 Å². The third-order valence-electron chi connectivity index (χ3n) is 4.69. The van der Waals surface area contributed by atoms with Crippen molar-refractivity contribution in [3.63, 3.8) is 0 Å². The van der Waals surface area contributed by atoms with Crippen LogP contribution < -0.4 is 15.0 Å². The summed E-state index contributed by atoms with van der Waals surface area (Å²) in [5.74, 6) is -0.367. The van der Waals surface area contributed by atoms with Gasteiger partial charge in [-0.25, -0.2) is 4.79 Å². The highest BCUT2D eigenvalue weighted by Crippen LogP contribution is 2.27. The van der Waals surface area contributed by atoms with Gasteiger partial charge in [0.1, 0.15) is 18.3 Å². The van der Waals surface area contributed by atoms with Gasteiger partial charge in [0.15, 0.2) is 0 Å². The molecule has 7 nitrogen and oxygen atoms in total. The van der Waals surface area contributed by atoms with E-state index in [2.05, 4.69) is 5.32 Å². The molecular formula is C21H23N3O4. The van der Waals surface area contributed by atoms with Crippen LogP contribution in [0.3, 0.4) is 0 Å². The zero-order valence-corrected chi connectivity index (χ0v) is 16.4. The van der Waals surface area contributed by atoms with Crippen LogP contribution in [-0.2, 0) is 9.59 Å². The number of nitrogens with one attached hydrogen (secondary N) is 1. The highest BCUT2D eigenvalue weighted by molar-refractivity contribution is 6.16. The molecule has 2 aromatic carbocycles. The van der Waals surface area contributed by atoms with E-state index in [4.69, 9.17) is 4.74 Å². The number of carbonyl (C=O) groups excluding carboxylic acids is 3. The number of benzene rings is 2. The first-order valence-corrected chi connectivity index (χ1v) is 8.97. The number of anilines is 2. The molecule has 0 spiro atoms. The summed E-state index contributed by atoms with van der Waals surface area (Å²) >= 11 is 0. The Balaban J connectivity index is 1.76. The summed E-state index contributed by atoms with van der Waals surface area (Å²) in [5.41, 5.74) is 3.12. The van der Waals surface area contributed by atoms with Gasteiger partial charge in [-0.3, -0.25) is 19.4 Å². The average Bonchev–Trinajstić information content (AvgIpc) is 2.86. The second kappa shape index (κ2) is 7.72. The molecule has 1 fully saturated rings. The van der Waals surface area contributed by atoms with Gasteiger partial charge in [-0.15, -0.1) is 0 Å². The molecule has 0 aromatic heterocycles. The SMILES string of the molecule is COc1ccc(C)cc1NC(=O)CN1C(=O)[C@H](C)N(c2ccc(C)cc2)C1=O. The molecule has 1 heterocycles.